The first-order chi connectivity index (χ1) is 12.3. The van der Waals surface area contributed by atoms with Crippen molar-refractivity contribution >= 4 is 11.8 Å². The van der Waals surface area contributed by atoms with Gasteiger partial charge in [0, 0.05) is 12.2 Å². The second-order valence-electron chi connectivity index (χ2n) is 7.07. The molecule has 0 radical (unpaired) electrons. The Bertz CT molecular complexity index is 481. The monoisotopic (exact) mass is 346 g/mol. The highest BCUT2D eigenvalue weighted by molar-refractivity contribution is 5.84. The molecule has 2 N–H and O–H groups in total. The molecule has 140 valence electrons. The van der Waals surface area contributed by atoms with Gasteiger partial charge in [-0.15, -0.1) is 0 Å². The van der Waals surface area contributed by atoms with Gasteiger partial charge in [0.2, 0.25) is 0 Å². The zero-order valence-corrected chi connectivity index (χ0v) is 15.7. The number of nitrogens with one attached hydrogen (secondary N) is 2. The van der Waals surface area contributed by atoms with Crippen LogP contribution in [0.25, 0.3) is 0 Å². The van der Waals surface area contributed by atoms with Crippen molar-refractivity contribution in [3.8, 4) is 0 Å². The Labute approximate surface area is 152 Å². The van der Waals surface area contributed by atoms with Crippen LogP contribution in [0.15, 0.2) is 24.3 Å². The Kier molecular flexibility index (Phi) is 9.42. The van der Waals surface area contributed by atoms with Gasteiger partial charge in [0.05, 0.1) is 0 Å². The van der Waals surface area contributed by atoms with Gasteiger partial charge in [0.15, 0.2) is 0 Å². The summed E-state index contributed by atoms with van der Waals surface area (Å²) in [5.41, 5.74) is 2.14. The van der Waals surface area contributed by atoms with Crippen LogP contribution in [-0.4, -0.2) is 25.3 Å². The van der Waals surface area contributed by atoms with Gasteiger partial charge in [0.1, 0.15) is 6.10 Å². The summed E-state index contributed by atoms with van der Waals surface area (Å²) in [6, 6.07) is 8.14. The van der Waals surface area contributed by atoms with Gasteiger partial charge in [-0.05, 0) is 43.5 Å². The number of hydrogen-bond donors (Lipinski definition) is 2. The molecule has 0 unspecified atom stereocenters. The van der Waals surface area contributed by atoms with Crippen molar-refractivity contribution in [2.24, 2.45) is 0 Å². The fourth-order valence-corrected chi connectivity index (χ4v) is 3.25. The van der Waals surface area contributed by atoms with Crippen LogP contribution in [0.1, 0.15) is 70.3 Å². The summed E-state index contributed by atoms with van der Waals surface area (Å²) in [5, 5.41) is 5.99. The summed E-state index contributed by atoms with van der Waals surface area (Å²) in [6.07, 6.45) is 12.4. The van der Waals surface area contributed by atoms with Gasteiger partial charge in [-0.2, -0.15) is 0 Å². The average molecular weight is 347 g/mol. The molecule has 0 spiro atoms. The number of ether oxygens (including phenoxy) is 1. The number of rotatable bonds is 11. The number of carbonyl (C=O) groups is 1. The predicted octanol–water partition coefficient (Wildman–Crippen LogP) is 5.28. The van der Waals surface area contributed by atoms with Crippen LogP contribution in [0, 0.1) is 0 Å². The lowest BCUT2D eigenvalue weighted by Crippen LogP contribution is -2.24. The first kappa shape index (κ1) is 19.8. The molecular formula is C21H34N2O2. The quantitative estimate of drug-likeness (QED) is 0.536. The van der Waals surface area contributed by atoms with Gasteiger partial charge in [-0.25, -0.2) is 4.79 Å². The van der Waals surface area contributed by atoms with E-state index in [-0.39, 0.29) is 12.2 Å². The number of amides is 1. The molecule has 4 nitrogen and oxygen atoms in total. The summed E-state index contributed by atoms with van der Waals surface area (Å²) >= 11 is 0. The SMILES string of the molecule is CCCCCCCCCCc1ccc(NC(=O)O[C@@H]2CCNC2)cc1. The number of benzene rings is 1. The predicted molar refractivity (Wildman–Crippen MR) is 104 cm³/mol. The van der Waals surface area contributed by atoms with Crippen molar-refractivity contribution in [3.63, 3.8) is 0 Å². The maximum absolute atomic E-state index is 11.8. The third-order valence-corrected chi connectivity index (χ3v) is 4.81. The van der Waals surface area contributed by atoms with Gasteiger partial charge in [0.25, 0.3) is 0 Å². The van der Waals surface area contributed by atoms with E-state index >= 15 is 0 Å². The molecular weight excluding hydrogens is 312 g/mol. The van der Waals surface area contributed by atoms with Gasteiger partial charge >= 0.3 is 6.09 Å². The topological polar surface area (TPSA) is 50.4 Å². The molecule has 25 heavy (non-hydrogen) atoms. The van der Waals surface area contributed by atoms with E-state index in [1.54, 1.807) is 0 Å². The number of anilines is 1. The highest BCUT2D eigenvalue weighted by Gasteiger charge is 2.18. The molecule has 1 heterocycles. The summed E-state index contributed by atoms with van der Waals surface area (Å²) in [4.78, 5) is 11.8. The molecule has 0 aliphatic carbocycles. The third kappa shape index (κ3) is 8.39. The normalized spacial score (nSPS) is 16.8. The molecule has 2 rings (SSSR count). The summed E-state index contributed by atoms with van der Waals surface area (Å²) in [5.74, 6) is 0. The fraction of sp³-hybridized carbons (Fsp3) is 0.667. The Morgan fingerprint density at radius 1 is 1.08 bits per heavy atom. The van der Waals surface area contributed by atoms with Crippen molar-refractivity contribution in [1.29, 1.82) is 0 Å². The Hall–Kier alpha value is -1.55. The molecule has 1 aliphatic rings. The minimum atomic E-state index is -0.357. The maximum Gasteiger partial charge on any atom is 0.411 e. The molecule has 0 saturated carbocycles. The molecule has 1 aromatic carbocycles. The molecule has 1 aromatic rings. The van der Waals surface area contributed by atoms with Gasteiger partial charge < -0.3 is 10.1 Å². The summed E-state index contributed by atoms with van der Waals surface area (Å²) < 4.78 is 5.36. The van der Waals surface area contributed by atoms with Crippen LogP contribution < -0.4 is 10.6 Å². The van der Waals surface area contributed by atoms with E-state index in [0.29, 0.717) is 0 Å². The van der Waals surface area contributed by atoms with Crippen molar-refractivity contribution < 1.29 is 9.53 Å². The minimum absolute atomic E-state index is 0.00115. The van der Waals surface area contributed by atoms with Gasteiger partial charge in [-0.1, -0.05) is 64.0 Å². The smallest absolute Gasteiger partial charge is 0.411 e. The number of carbonyl (C=O) groups excluding carboxylic acids is 1. The number of hydrogen-bond acceptors (Lipinski definition) is 3. The molecule has 1 aliphatic heterocycles. The number of aryl methyl sites for hydroxylation is 1. The molecule has 1 amide bonds. The molecule has 0 bridgehead atoms. The van der Waals surface area contributed by atoms with Crippen molar-refractivity contribution in [3.05, 3.63) is 29.8 Å². The van der Waals surface area contributed by atoms with Crippen LogP contribution >= 0.6 is 0 Å². The molecule has 1 fully saturated rings. The average Bonchev–Trinajstić information content (AvgIpc) is 3.11. The largest absolute Gasteiger partial charge is 0.445 e. The van der Waals surface area contributed by atoms with Crippen molar-refractivity contribution in [2.75, 3.05) is 18.4 Å². The lowest BCUT2D eigenvalue weighted by atomic mass is 10.0. The summed E-state index contributed by atoms with van der Waals surface area (Å²) in [6.45, 7) is 3.94. The second-order valence-corrected chi connectivity index (χ2v) is 7.07. The lowest BCUT2D eigenvalue weighted by molar-refractivity contribution is 0.121. The van der Waals surface area contributed by atoms with E-state index in [9.17, 15) is 4.79 Å². The van der Waals surface area contributed by atoms with Crippen molar-refractivity contribution in [1.82, 2.24) is 5.32 Å². The third-order valence-electron chi connectivity index (χ3n) is 4.81. The maximum atomic E-state index is 11.8. The van der Waals surface area contributed by atoms with E-state index in [0.717, 1.165) is 31.6 Å². The summed E-state index contributed by atoms with van der Waals surface area (Å²) in [7, 11) is 0. The number of unbranched alkanes of at least 4 members (excludes halogenated alkanes) is 7. The lowest BCUT2D eigenvalue weighted by Gasteiger charge is -2.12. The first-order valence-electron chi connectivity index (χ1n) is 10.0. The second kappa shape index (κ2) is 11.9. The first-order valence-corrected chi connectivity index (χ1v) is 10.0. The van der Waals surface area contributed by atoms with Crippen LogP contribution in [0.5, 0.6) is 0 Å². The zero-order chi connectivity index (χ0) is 17.7. The standard InChI is InChI=1S/C21H34N2O2/c1-2-3-4-5-6-7-8-9-10-18-11-13-19(14-12-18)23-21(24)25-20-15-16-22-17-20/h11-14,20,22H,2-10,15-17H2,1H3,(H,23,24)/t20-/m1/s1. The highest BCUT2D eigenvalue weighted by atomic mass is 16.6. The van der Waals surface area contributed by atoms with Crippen molar-refractivity contribution in [2.45, 2.75) is 77.2 Å². The Balaban J connectivity index is 1.57. The van der Waals surface area contributed by atoms with Crippen LogP contribution in [0.3, 0.4) is 0 Å². The Morgan fingerprint density at radius 3 is 2.40 bits per heavy atom. The molecule has 1 atom stereocenters. The van der Waals surface area contributed by atoms with Crippen LogP contribution in [0.2, 0.25) is 0 Å². The van der Waals surface area contributed by atoms with E-state index in [2.05, 4.69) is 29.7 Å². The van der Waals surface area contributed by atoms with Crippen LogP contribution in [-0.2, 0) is 11.2 Å². The van der Waals surface area contributed by atoms with Gasteiger partial charge in [-0.3, -0.25) is 5.32 Å². The van der Waals surface area contributed by atoms with Crippen LogP contribution in [0.4, 0.5) is 10.5 Å². The van der Waals surface area contributed by atoms with E-state index in [1.165, 1.54) is 56.9 Å². The fourth-order valence-electron chi connectivity index (χ4n) is 3.25. The zero-order valence-electron chi connectivity index (χ0n) is 15.7. The molecule has 0 aromatic heterocycles. The van der Waals surface area contributed by atoms with E-state index < -0.39 is 0 Å². The molecule has 4 heteroatoms. The highest BCUT2D eigenvalue weighted by Crippen LogP contribution is 2.15. The Morgan fingerprint density at radius 2 is 1.76 bits per heavy atom. The van der Waals surface area contributed by atoms with E-state index in [4.69, 9.17) is 4.74 Å². The minimum Gasteiger partial charge on any atom is -0.445 e. The molecule has 1 saturated heterocycles. The van der Waals surface area contributed by atoms with E-state index in [1.807, 2.05) is 12.1 Å².